The van der Waals surface area contributed by atoms with Crippen molar-refractivity contribution in [2.24, 2.45) is 0 Å². The van der Waals surface area contributed by atoms with Crippen molar-refractivity contribution in [1.82, 2.24) is 4.90 Å². The zero-order valence-electron chi connectivity index (χ0n) is 13.1. The Morgan fingerprint density at radius 2 is 1.95 bits per heavy atom. The molecule has 0 atom stereocenters. The van der Waals surface area contributed by atoms with Gasteiger partial charge in [0.05, 0.1) is 6.61 Å². The molecule has 1 heterocycles. The summed E-state index contributed by atoms with van der Waals surface area (Å²) in [6.07, 6.45) is 1.33. The molecule has 1 aliphatic rings. The zero-order chi connectivity index (χ0) is 15.3. The second kappa shape index (κ2) is 6.77. The van der Waals surface area contributed by atoms with Crippen LogP contribution in [0.5, 0.6) is 0 Å². The van der Waals surface area contributed by atoms with Gasteiger partial charge in [-0.15, -0.1) is 0 Å². The number of esters is 1. The van der Waals surface area contributed by atoms with E-state index in [1.807, 2.05) is 20.8 Å². The Morgan fingerprint density at radius 3 is 2.50 bits per heavy atom. The summed E-state index contributed by atoms with van der Waals surface area (Å²) in [6, 6.07) is 0. The first-order valence-corrected chi connectivity index (χ1v) is 7.08. The minimum absolute atomic E-state index is 0.298. The fourth-order valence-corrected chi connectivity index (χ4v) is 2.04. The predicted molar refractivity (Wildman–Crippen MR) is 76.4 cm³/mol. The highest BCUT2D eigenvalue weighted by molar-refractivity contribution is 5.89. The predicted octanol–water partition coefficient (Wildman–Crippen LogP) is 2.90. The van der Waals surface area contributed by atoms with Crippen molar-refractivity contribution in [2.75, 3.05) is 19.7 Å². The fraction of sp³-hybridized carbons (Fsp3) is 0.733. The Kier molecular flexibility index (Phi) is 5.60. The quantitative estimate of drug-likeness (QED) is 0.577. The van der Waals surface area contributed by atoms with Crippen molar-refractivity contribution in [1.29, 1.82) is 0 Å². The highest BCUT2D eigenvalue weighted by Gasteiger charge is 2.26. The van der Waals surface area contributed by atoms with Crippen LogP contribution in [0.4, 0.5) is 4.79 Å². The Balaban J connectivity index is 2.74. The molecule has 1 aliphatic heterocycles. The first kappa shape index (κ1) is 16.5. The van der Waals surface area contributed by atoms with E-state index in [1.165, 1.54) is 0 Å². The van der Waals surface area contributed by atoms with Crippen LogP contribution in [0.2, 0.25) is 0 Å². The zero-order valence-corrected chi connectivity index (χ0v) is 13.1. The second-order valence-corrected chi connectivity index (χ2v) is 5.95. The maximum atomic E-state index is 12.0. The Labute approximate surface area is 120 Å². The molecule has 0 unspecified atom stereocenters. The van der Waals surface area contributed by atoms with Crippen LogP contribution in [0.25, 0.3) is 0 Å². The molecule has 20 heavy (non-hydrogen) atoms. The van der Waals surface area contributed by atoms with Crippen LogP contribution in [0, 0.1) is 0 Å². The number of amides is 1. The minimum Gasteiger partial charge on any atom is -0.463 e. The second-order valence-electron chi connectivity index (χ2n) is 5.95. The van der Waals surface area contributed by atoms with Gasteiger partial charge in [0.2, 0.25) is 0 Å². The van der Waals surface area contributed by atoms with Crippen LogP contribution in [0.1, 0.15) is 47.5 Å². The van der Waals surface area contributed by atoms with E-state index in [2.05, 4.69) is 0 Å². The fourth-order valence-electron chi connectivity index (χ4n) is 2.04. The first-order valence-electron chi connectivity index (χ1n) is 7.08. The van der Waals surface area contributed by atoms with Crippen molar-refractivity contribution in [3.8, 4) is 0 Å². The summed E-state index contributed by atoms with van der Waals surface area (Å²) in [7, 11) is 0. The summed E-state index contributed by atoms with van der Waals surface area (Å²) in [5, 5.41) is 0. The molecule has 0 aromatic rings. The normalized spacial score (nSPS) is 18.6. The van der Waals surface area contributed by atoms with Gasteiger partial charge in [-0.1, -0.05) is 0 Å². The molecule has 0 N–H and O–H groups in total. The molecular weight excluding hydrogens is 258 g/mol. The summed E-state index contributed by atoms with van der Waals surface area (Å²) in [4.78, 5) is 25.4. The van der Waals surface area contributed by atoms with E-state index in [0.717, 1.165) is 18.4 Å². The van der Waals surface area contributed by atoms with Crippen molar-refractivity contribution in [3.63, 3.8) is 0 Å². The third kappa shape index (κ3) is 4.87. The SMILES string of the molecule is CCOC(=O)/C(C)=C1\CCCN(C(=O)OC(C)(C)C)C1. The van der Waals surface area contributed by atoms with Crippen molar-refractivity contribution >= 4 is 12.1 Å². The van der Waals surface area contributed by atoms with Gasteiger partial charge in [0, 0.05) is 18.7 Å². The standard InChI is InChI=1S/C15H25NO4/c1-6-19-13(17)11(2)12-8-7-9-16(10-12)14(18)20-15(3,4)5/h6-10H2,1-5H3/b12-11+. The lowest BCUT2D eigenvalue weighted by Gasteiger charge is -2.31. The maximum Gasteiger partial charge on any atom is 0.410 e. The molecule has 0 bridgehead atoms. The summed E-state index contributed by atoms with van der Waals surface area (Å²) >= 11 is 0. The Hall–Kier alpha value is -1.52. The van der Waals surface area contributed by atoms with Gasteiger partial charge in [0.25, 0.3) is 0 Å². The number of carbonyl (C=O) groups is 2. The molecule has 0 aliphatic carbocycles. The maximum absolute atomic E-state index is 12.0. The van der Waals surface area contributed by atoms with Gasteiger partial charge >= 0.3 is 12.1 Å². The van der Waals surface area contributed by atoms with Gasteiger partial charge in [0.1, 0.15) is 5.60 Å². The van der Waals surface area contributed by atoms with Crippen LogP contribution in [0.15, 0.2) is 11.1 Å². The Morgan fingerprint density at radius 1 is 1.30 bits per heavy atom. The average Bonchev–Trinajstić information content (AvgIpc) is 2.36. The summed E-state index contributed by atoms with van der Waals surface area (Å²) in [5.74, 6) is -0.298. The molecule has 5 heteroatoms. The van der Waals surface area contributed by atoms with Crippen molar-refractivity contribution in [2.45, 2.75) is 53.1 Å². The molecule has 1 fully saturated rings. The van der Waals surface area contributed by atoms with Gasteiger partial charge in [-0.25, -0.2) is 9.59 Å². The monoisotopic (exact) mass is 283 g/mol. The van der Waals surface area contributed by atoms with Gasteiger partial charge < -0.3 is 14.4 Å². The number of piperidine rings is 1. The lowest BCUT2D eigenvalue weighted by molar-refractivity contribution is -0.138. The smallest absolute Gasteiger partial charge is 0.410 e. The van der Waals surface area contributed by atoms with E-state index < -0.39 is 5.60 Å². The van der Waals surface area contributed by atoms with E-state index >= 15 is 0 Å². The van der Waals surface area contributed by atoms with Crippen LogP contribution in [-0.2, 0) is 14.3 Å². The van der Waals surface area contributed by atoms with Gasteiger partial charge in [-0.3, -0.25) is 0 Å². The van der Waals surface area contributed by atoms with Gasteiger partial charge in [0.15, 0.2) is 0 Å². The number of likely N-dealkylation sites (tertiary alicyclic amines) is 1. The minimum atomic E-state index is -0.505. The van der Waals surface area contributed by atoms with Crippen molar-refractivity contribution < 1.29 is 19.1 Å². The largest absolute Gasteiger partial charge is 0.463 e. The van der Waals surface area contributed by atoms with E-state index in [1.54, 1.807) is 18.7 Å². The van der Waals surface area contributed by atoms with E-state index in [-0.39, 0.29) is 12.1 Å². The molecular formula is C15H25NO4. The van der Waals surface area contributed by atoms with E-state index in [9.17, 15) is 9.59 Å². The van der Waals surface area contributed by atoms with Crippen molar-refractivity contribution in [3.05, 3.63) is 11.1 Å². The third-order valence-electron chi connectivity index (χ3n) is 3.05. The molecule has 0 saturated carbocycles. The number of rotatable bonds is 2. The number of hydrogen-bond donors (Lipinski definition) is 0. The molecule has 0 spiro atoms. The molecule has 1 rings (SSSR count). The summed E-state index contributed by atoms with van der Waals surface area (Å²) < 4.78 is 10.4. The number of nitrogens with zero attached hydrogens (tertiary/aromatic N) is 1. The van der Waals surface area contributed by atoms with Crippen LogP contribution < -0.4 is 0 Å². The lowest BCUT2D eigenvalue weighted by Crippen LogP contribution is -2.41. The Bertz CT molecular complexity index is 407. The molecule has 1 saturated heterocycles. The summed E-state index contributed by atoms with van der Waals surface area (Å²) in [5.41, 5.74) is 1.06. The molecule has 0 aromatic carbocycles. The average molecular weight is 283 g/mol. The van der Waals surface area contributed by atoms with Crippen LogP contribution in [-0.4, -0.2) is 42.3 Å². The van der Waals surface area contributed by atoms with Gasteiger partial charge in [-0.05, 0) is 53.0 Å². The number of hydrogen-bond acceptors (Lipinski definition) is 4. The highest BCUT2D eigenvalue weighted by atomic mass is 16.6. The summed E-state index contributed by atoms with van der Waals surface area (Å²) in [6.45, 7) is 10.5. The molecule has 0 aromatic heterocycles. The highest BCUT2D eigenvalue weighted by Crippen LogP contribution is 2.21. The topological polar surface area (TPSA) is 55.8 Å². The molecule has 114 valence electrons. The van der Waals surface area contributed by atoms with Gasteiger partial charge in [-0.2, -0.15) is 0 Å². The van der Waals surface area contributed by atoms with E-state index in [4.69, 9.17) is 9.47 Å². The van der Waals surface area contributed by atoms with Crippen LogP contribution >= 0.6 is 0 Å². The first-order chi connectivity index (χ1) is 9.24. The van der Waals surface area contributed by atoms with Crippen LogP contribution in [0.3, 0.4) is 0 Å². The third-order valence-corrected chi connectivity index (χ3v) is 3.05. The number of carbonyl (C=O) groups excluding carboxylic acids is 2. The van der Waals surface area contributed by atoms with E-state index in [0.29, 0.717) is 25.3 Å². The lowest BCUT2D eigenvalue weighted by atomic mass is 10.00. The number of ether oxygens (including phenoxy) is 2. The molecule has 5 nitrogen and oxygen atoms in total. The molecule has 0 radical (unpaired) electrons. The molecule has 1 amide bonds.